The van der Waals surface area contributed by atoms with Crippen LogP contribution in [-0.4, -0.2) is 23.4 Å². The topological polar surface area (TPSA) is 98.3 Å². The predicted molar refractivity (Wildman–Crippen MR) is 104 cm³/mol. The summed E-state index contributed by atoms with van der Waals surface area (Å²) in [7, 11) is 0. The fourth-order valence-corrected chi connectivity index (χ4v) is 2.78. The van der Waals surface area contributed by atoms with Gasteiger partial charge in [-0.05, 0) is 55.3 Å². The smallest absolute Gasteiger partial charge is 0.310 e. The van der Waals surface area contributed by atoms with Gasteiger partial charge in [-0.3, -0.25) is 10.2 Å². The van der Waals surface area contributed by atoms with Gasteiger partial charge in [0.25, 0.3) is 0 Å². The number of pyridine rings is 1. The molecular formula is C21H21N3O3. The Labute approximate surface area is 157 Å². The van der Waals surface area contributed by atoms with E-state index >= 15 is 0 Å². The lowest BCUT2D eigenvalue weighted by atomic mass is 10.1. The van der Waals surface area contributed by atoms with E-state index in [1.54, 1.807) is 31.2 Å². The number of carbonyl (C=O) groups excluding carboxylic acids is 1. The number of ether oxygens (including phenoxy) is 2. The third-order valence-electron chi connectivity index (χ3n) is 4.10. The average Bonchev–Trinajstić information content (AvgIpc) is 2.62. The van der Waals surface area contributed by atoms with E-state index in [2.05, 4.69) is 4.98 Å². The number of aromatic nitrogens is 1. The molecule has 0 aliphatic rings. The maximum absolute atomic E-state index is 11.7. The molecule has 0 spiro atoms. The number of fused-ring (bicyclic) bond motifs is 1. The summed E-state index contributed by atoms with van der Waals surface area (Å²) >= 11 is 0. The number of esters is 1. The fourth-order valence-electron chi connectivity index (χ4n) is 2.78. The van der Waals surface area contributed by atoms with E-state index in [-0.39, 0.29) is 18.2 Å². The molecule has 0 radical (unpaired) electrons. The summed E-state index contributed by atoms with van der Waals surface area (Å²) in [4.78, 5) is 16.3. The van der Waals surface area contributed by atoms with Gasteiger partial charge in [-0.15, -0.1) is 0 Å². The average molecular weight is 363 g/mol. The molecule has 138 valence electrons. The van der Waals surface area contributed by atoms with Crippen LogP contribution in [0.5, 0.6) is 11.6 Å². The number of rotatable bonds is 6. The van der Waals surface area contributed by atoms with Crippen molar-refractivity contribution < 1.29 is 14.3 Å². The zero-order chi connectivity index (χ0) is 19.4. The number of amidine groups is 1. The molecule has 1 heterocycles. The molecule has 0 bridgehead atoms. The molecule has 0 amide bonds. The van der Waals surface area contributed by atoms with Crippen LogP contribution >= 0.6 is 0 Å². The van der Waals surface area contributed by atoms with E-state index in [0.717, 1.165) is 22.0 Å². The molecule has 0 fully saturated rings. The third kappa shape index (κ3) is 4.41. The van der Waals surface area contributed by atoms with E-state index in [0.29, 0.717) is 23.8 Å². The second-order valence-electron chi connectivity index (χ2n) is 6.15. The second-order valence-corrected chi connectivity index (χ2v) is 6.15. The molecule has 1 aromatic heterocycles. The van der Waals surface area contributed by atoms with Crippen LogP contribution in [0.1, 0.15) is 23.6 Å². The van der Waals surface area contributed by atoms with Crippen LogP contribution < -0.4 is 10.5 Å². The summed E-state index contributed by atoms with van der Waals surface area (Å²) in [6.45, 7) is 4.14. The van der Waals surface area contributed by atoms with E-state index in [1.165, 1.54) is 0 Å². The van der Waals surface area contributed by atoms with Crippen LogP contribution in [0, 0.1) is 12.3 Å². The van der Waals surface area contributed by atoms with Crippen LogP contribution in [0.15, 0.2) is 48.5 Å². The maximum atomic E-state index is 11.7. The molecule has 27 heavy (non-hydrogen) atoms. The van der Waals surface area contributed by atoms with Gasteiger partial charge in [0.05, 0.1) is 18.5 Å². The quantitative estimate of drug-likeness (QED) is 0.395. The van der Waals surface area contributed by atoms with Crippen molar-refractivity contribution in [2.75, 3.05) is 6.61 Å². The number of benzene rings is 2. The Morgan fingerprint density at radius 1 is 1.15 bits per heavy atom. The highest BCUT2D eigenvalue weighted by Gasteiger charge is 2.09. The lowest BCUT2D eigenvalue weighted by molar-refractivity contribution is -0.142. The molecular weight excluding hydrogens is 342 g/mol. The molecule has 2 aromatic carbocycles. The number of nitrogens with zero attached hydrogens (tertiary/aromatic N) is 1. The van der Waals surface area contributed by atoms with Gasteiger partial charge < -0.3 is 15.2 Å². The summed E-state index contributed by atoms with van der Waals surface area (Å²) in [5, 5.41) is 8.43. The van der Waals surface area contributed by atoms with Crippen LogP contribution in [0.3, 0.4) is 0 Å². The van der Waals surface area contributed by atoms with E-state index in [1.807, 2.05) is 31.2 Å². The van der Waals surface area contributed by atoms with E-state index in [4.69, 9.17) is 20.6 Å². The summed E-state index contributed by atoms with van der Waals surface area (Å²) < 4.78 is 10.9. The zero-order valence-electron chi connectivity index (χ0n) is 15.3. The Morgan fingerprint density at radius 3 is 2.56 bits per heavy atom. The minimum Gasteiger partial charge on any atom is -0.466 e. The fraction of sp³-hybridized carbons (Fsp3) is 0.190. The van der Waals surface area contributed by atoms with Crippen molar-refractivity contribution in [2.24, 2.45) is 5.73 Å². The number of nitrogens with one attached hydrogen (secondary N) is 1. The SMILES string of the molecule is CCOC(=O)Cc1ccc2c(C)cc(Oc3ccc(C(=N)N)cc3)nc2c1. The predicted octanol–water partition coefficient (Wildman–Crippen LogP) is 3.73. The first-order valence-corrected chi connectivity index (χ1v) is 8.64. The molecule has 3 N–H and O–H groups in total. The van der Waals surface area contributed by atoms with Crippen LogP contribution in [0.4, 0.5) is 0 Å². The largest absolute Gasteiger partial charge is 0.466 e. The Bertz CT molecular complexity index is 997. The van der Waals surface area contributed by atoms with E-state index in [9.17, 15) is 4.79 Å². The Kier molecular flexibility index (Phi) is 5.35. The number of nitrogens with two attached hydrogens (primary N) is 1. The minimum absolute atomic E-state index is 0.00959. The lowest BCUT2D eigenvalue weighted by Gasteiger charge is -2.10. The number of aryl methyl sites for hydroxylation is 1. The molecule has 0 saturated heterocycles. The van der Waals surface area contributed by atoms with Crippen molar-refractivity contribution in [3.63, 3.8) is 0 Å². The van der Waals surface area contributed by atoms with Crippen molar-refractivity contribution in [3.05, 3.63) is 65.2 Å². The van der Waals surface area contributed by atoms with Gasteiger partial charge in [0.15, 0.2) is 0 Å². The molecule has 6 nitrogen and oxygen atoms in total. The lowest BCUT2D eigenvalue weighted by Crippen LogP contribution is -2.10. The van der Waals surface area contributed by atoms with Gasteiger partial charge in [-0.2, -0.15) is 0 Å². The normalized spacial score (nSPS) is 10.6. The van der Waals surface area contributed by atoms with Crippen molar-refractivity contribution in [2.45, 2.75) is 20.3 Å². The molecule has 3 aromatic rings. The van der Waals surface area contributed by atoms with Crippen molar-refractivity contribution >= 4 is 22.7 Å². The summed E-state index contributed by atoms with van der Waals surface area (Å²) in [5.74, 6) is 0.819. The van der Waals surface area contributed by atoms with Crippen molar-refractivity contribution in [3.8, 4) is 11.6 Å². The first-order chi connectivity index (χ1) is 13.0. The van der Waals surface area contributed by atoms with Gasteiger partial charge in [-0.1, -0.05) is 12.1 Å². The summed E-state index contributed by atoms with van der Waals surface area (Å²) in [6.07, 6.45) is 0.210. The highest BCUT2D eigenvalue weighted by atomic mass is 16.5. The molecule has 0 unspecified atom stereocenters. The highest BCUT2D eigenvalue weighted by molar-refractivity contribution is 5.95. The minimum atomic E-state index is -0.258. The second kappa shape index (κ2) is 7.86. The molecule has 6 heteroatoms. The van der Waals surface area contributed by atoms with Crippen LogP contribution in [0.25, 0.3) is 10.9 Å². The maximum Gasteiger partial charge on any atom is 0.310 e. The Morgan fingerprint density at radius 2 is 1.89 bits per heavy atom. The number of nitrogen functional groups attached to an aromatic ring is 1. The molecule has 3 rings (SSSR count). The van der Waals surface area contributed by atoms with Gasteiger partial charge in [0.2, 0.25) is 5.88 Å². The molecule has 0 atom stereocenters. The standard InChI is InChI=1S/C21H21N3O3/c1-3-26-20(25)12-14-4-9-17-13(2)10-19(24-18(17)11-14)27-16-7-5-15(6-8-16)21(22)23/h4-11H,3,12H2,1-2H3,(H3,22,23). The third-order valence-corrected chi connectivity index (χ3v) is 4.10. The number of hydrogen-bond donors (Lipinski definition) is 2. The van der Waals surface area contributed by atoms with Gasteiger partial charge in [0.1, 0.15) is 11.6 Å². The van der Waals surface area contributed by atoms with Crippen LogP contribution in [-0.2, 0) is 16.0 Å². The van der Waals surface area contributed by atoms with Crippen LogP contribution in [0.2, 0.25) is 0 Å². The summed E-state index contributed by atoms with van der Waals surface area (Å²) in [6, 6.07) is 14.6. The number of hydrogen-bond acceptors (Lipinski definition) is 5. The Balaban J connectivity index is 1.87. The first kappa shape index (κ1) is 18.4. The van der Waals surface area contributed by atoms with E-state index < -0.39 is 0 Å². The number of carbonyl (C=O) groups is 1. The van der Waals surface area contributed by atoms with Gasteiger partial charge >= 0.3 is 5.97 Å². The van der Waals surface area contributed by atoms with Gasteiger partial charge in [0, 0.05) is 17.0 Å². The zero-order valence-corrected chi connectivity index (χ0v) is 15.3. The highest BCUT2D eigenvalue weighted by Crippen LogP contribution is 2.26. The van der Waals surface area contributed by atoms with Gasteiger partial charge in [-0.25, -0.2) is 4.98 Å². The van der Waals surface area contributed by atoms with Crippen molar-refractivity contribution in [1.82, 2.24) is 4.98 Å². The molecule has 0 aliphatic carbocycles. The first-order valence-electron chi connectivity index (χ1n) is 8.64. The Hall–Kier alpha value is -3.41. The monoisotopic (exact) mass is 363 g/mol. The van der Waals surface area contributed by atoms with Crippen molar-refractivity contribution in [1.29, 1.82) is 5.41 Å². The molecule has 0 aliphatic heterocycles. The summed E-state index contributed by atoms with van der Waals surface area (Å²) in [5.41, 5.74) is 8.72. The molecule has 0 saturated carbocycles.